The van der Waals surface area contributed by atoms with Crippen LogP contribution in [0.4, 0.5) is 0 Å². The molecule has 23 heavy (non-hydrogen) atoms. The van der Waals surface area contributed by atoms with Gasteiger partial charge in [0.25, 0.3) is 5.91 Å². The molecule has 6 heteroatoms. The quantitative estimate of drug-likeness (QED) is 0.624. The summed E-state index contributed by atoms with van der Waals surface area (Å²) in [5.74, 6) is -0.458. The minimum absolute atomic E-state index is 0.0153. The average molecular weight is 437 g/mol. The molecule has 0 atom stereocenters. The predicted molar refractivity (Wildman–Crippen MR) is 95.5 cm³/mol. The minimum atomic E-state index is -0.661. The van der Waals surface area contributed by atoms with E-state index >= 15 is 0 Å². The Kier molecular flexibility index (Phi) is 4.63. The number of amides is 1. The molecule has 0 aliphatic carbocycles. The van der Waals surface area contributed by atoms with E-state index in [1.54, 1.807) is 12.1 Å². The molecule has 3 aromatic rings. The molecule has 0 radical (unpaired) electrons. The van der Waals surface area contributed by atoms with Crippen LogP contribution >= 0.6 is 31.9 Å². The second-order valence-corrected chi connectivity index (χ2v) is 6.69. The predicted octanol–water partition coefficient (Wildman–Crippen LogP) is 4.25. The van der Waals surface area contributed by atoms with E-state index in [-0.39, 0.29) is 5.56 Å². The van der Waals surface area contributed by atoms with Gasteiger partial charge in [0.2, 0.25) is 0 Å². The van der Waals surface area contributed by atoms with Crippen LogP contribution in [0.1, 0.15) is 15.9 Å². The summed E-state index contributed by atoms with van der Waals surface area (Å²) in [5.41, 5.74) is 0.693. The third kappa shape index (κ3) is 3.54. The molecule has 2 aromatic carbocycles. The van der Waals surface area contributed by atoms with Crippen molar-refractivity contribution >= 4 is 48.7 Å². The van der Waals surface area contributed by atoms with E-state index in [9.17, 15) is 9.59 Å². The van der Waals surface area contributed by atoms with Gasteiger partial charge < -0.3 is 9.73 Å². The third-order valence-corrected chi connectivity index (χ3v) is 4.34. The van der Waals surface area contributed by atoms with Gasteiger partial charge in [-0.15, -0.1) is 0 Å². The van der Waals surface area contributed by atoms with Gasteiger partial charge >= 0.3 is 5.63 Å². The van der Waals surface area contributed by atoms with E-state index < -0.39 is 11.5 Å². The van der Waals surface area contributed by atoms with E-state index in [0.29, 0.717) is 22.0 Å². The van der Waals surface area contributed by atoms with E-state index in [1.807, 2.05) is 30.3 Å². The number of carbonyl (C=O) groups is 1. The Hall–Kier alpha value is -1.92. The van der Waals surface area contributed by atoms with Crippen molar-refractivity contribution < 1.29 is 9.21 Å². The van der Waals surface area contributed by atoms with Gasteiger partial charge in [-0.1, -0.05) is 46.3 Å². The molecule has 1 heterocycles. The zero-order valence-corrected chi connectivity index (χ0v) is 15.0. The summed E-state index contributed by atoms with van der Waals surface area (Å²) in [5, 5.41) is 3.39. The first kappa shape index (κ1) is 16.0. The average Bonchev–Trinajstić information content (AvgIpc) is 2.54. The van der Waals surface area contributed by atoms with Gasteiger partial charge in [-0.25, -0.2) is 4.79 Å². The molecule has 0 bridgehead atoms. The fourth-order valence-electron chi connectivity index (χ4n) is 2.19. The van der Waals surface area contributed by atoms with Crippen molar-refractivity contribution in [1.82, 2.24) is 5.32 Å². The molecular formula is C17H11Br2NO3. The maximum atomic E-state index is 12.3. The molecule has 0 saturated carbocycles. The van der Waals surface area contributed by atoms with Crippen LogP contribution in [0.5, 0.6) is 0 Å². The largest absolute Gasteiger partial charge is 0.421 e. The summed E-state index contributed by atoms with van der Waals surface area (Å²) in [7, 11) is 0. The standard InChI is InChI=1S/C17H11Br2NO3/c18-12-6-11-7-13(17(22)23-15(11)14(19)8-12)16(21)20-9-10-4-2-1-3-5-10/h1-8H,9H2,(H,20,21). The lowest BCUT2D eigenvalue weighted by molar-refractivity contribution is 0.0947. The molecule has 1 amide bonds. The summed E-state index contributed by atoms with van der Waals surface area (Å²) >= 11 is 6.72. The second-order valence-electron chi connectivity index (χ2n) is 4.92. The first-order valence-corrected chi connectivity index (χ1v) is 8.38. The van der Waals surface area contributed by atoms with Crippen molar-refractivity contribution in [1.29, 1.82) is 0 Å². The highest BCUT2D eigenvalue weighted by Crippen LogP contribution is 2.27. The van der Waals surface area contributed by atoms with Crippen LogP contribution < -0.4 is 10.9 Å². The summed E-state index contributed by atoms with van der Waals surface area (Å²) in [6.07, 6.45) is 0. The van der Waals surface area contributed by atoms with Crippen molar-refractivity contribution in [2.24, 2.45) is 0 Å². The molecule has 0 aliphatic heterocycles. The summed E-state index contributed by atoms with van der Waals surface area (Å²) < 4.78 is 6.74. The van der Waals surface area contributed by atoms with Crippen LogP contribution in [-0.2, 0) is 6.54 Å². The Balaban J connectivity index is 1.91. The fraction of sp³-hybridized carbons (Fsp3) is 0.0588. The number of hydrogen-bond acceptors (Lipinski definition) is 3. The van der Waals surface area contributed by atoms with Crippen LogP contribution in [0.2, 0.25) is 0 Å². The van der Waals surface area contributed by atoms with Crippen molar-refractivity contribution in [3.05, 3.63) is 79.0 Å². The molecule has 1 aromatic heterocycles. The highest BCUT2D eigenvalue weighted by molar-refractivity contribution is 9.11. The highest BCUT2D eigenvalue weighted by atomic mass is 79.9. The van der Waals surface area contributed by atoms with Crippen LogP contribution in [0.25, 0.3) is 11.0 Å². The van der Waals surface area contributed by atoms with Gasteiger partial charge in [0.1, 0.15) is 5.56 Å². The number of hydrogen-bond donors (Lipinski definition) is 1. The van der Waals surface area contributed by atoms with E-state index in [1.165, 1.54) is 6.07 Å². The van der Waals surface area contributed by atoms with Crippen LogP contribution in [0.15, 0.2) is 66.7 Å². The van der Waals surface area contributed by atoms with Gasteiger partial charge in [-0.3, -0.25) is 4.79 Å². The maximum Gasteiger partial charge on any atom is 0.349 e. The van der Waals surface area contributed by atoms with Crippen molar-refractivity contribution in [3.8, 4) is 0 Å². The molecule has 4 nitrogen and oxygen atoms in total. The lowest BCUT2D eigenvalue weighted by Gasteiger charge is -2.06. The molecule has 0 aliphatic rings. The van der Waals surface area contributed by atoms with E-state index in [4.69, 9.17) is 4.42 Å². The number of benzene rings is 2. The van der Waals surface area contributed by atoms with Crippen molar-refractivity contribution in [2.75, 3.05) is 0 Å². The lowest BCUT2D eigenvalue weighted by Crippen LogP contribution is -2.27. The number of rotatable bonds is 3. The van der Waals surface area contributed by atoms with Gasteiger partial charge in [-0.05, 0) is 39.7 Å². The summed E-state index contributed by atoms with van der Waals surface area (Å²) in [6, 6.07) is 14.6. The van der Waals surface area contributed by atoms with Crippen LogP contribution in [0.3, 0.4) is 0 Å². The Morgan fingerprint density at radius 3 is 2.57 bits per heavy atom. The van der Waals surface area contributed by atoms with Gasteiger partial charge in [0.05, 0.1) is 4.47 Å². The van der Waals surface area contributed by atoms with E-state index in [0.717, 1.165) is 10.0 Å². The first-order chi connectivity index (χ1) is 11.0. The highest BCUT2D eigenvalue weighted by Gasteiger charge is 2.15. The van der Waals surface area contributed by atoms with Crippen LogP contribution in [-0.4, -0.2) is 5.91 Å². The van der Waals surface area contributed by atoms with Gasteiger partial charge in [-0.2, -0.15) is 0 Å². The second kappa shape index (κ2) is 6.68. The Labute approximate surface area is 148 Å². The molecule has 0 fully saturated rings. The summed E-state index contributed by atoms with van der Waals surface area (Å²) in [6.45, 7) is 0.347. The Bertz CT molecular complexity index is 936. The first-order valence-electron chi connectivity index (χ1n) is 6.79. The molecule has 0 saturated heterocycles. The third-order valence-electron chi connectivity index (χ3n) is 3.29. The minimum Gasteiger partial charge on any atom is -0.421 e. The summed E-state index contributed by atoms with van der Waals surface area (Å²) in [4.78, 5) is 24.3. The Morgan fingerprint density at radius 2 is 1.83 bits per heavy atom. The molecule has 3 rings (SSSR count). The van der Waals surface area contributed by atoms with Crippen molar-refractivity contribution in [3.63, 3.8) is 0 Å². The lowest BCUT2D eigenvalue weighted by atomic mass is 10.1. The SMILES string of the molecule is O=C(NCc1ccccc1)c1cc2cc(Br)cc(Br)c2oc1=O. The van der Waals surface area contributed by atoms with Crippen LogP contribution in [0, 0.1) is 0 Å². The number of carbonyl (C=O) groups excluding carboxylic acids is 1. The maximum absolute atomic E-state index is 12.3. The normalized spacial score (nSPS) is 10.7. The Morgan fingerprint density at radius 1 is 1.09 bits per heavy atom. The van der Waals surface area contributed by atoms with E-state index in [2.05, 4.69) is 37.2 Å². The molecule has 0 unspecified atom stereocenters. The molecule has 1 N–H and O–H groups in total. The number of fused-ring (bicyclic) bond motifs is 1. The number of nitrogens with one attached hydrogen (secondary N) is 1. The van der Waals surface area contributed by atoms with Crippen molar-refractivity contribution in [2.45, 2.75) is 6.54 Å². The molecule has 116 valence electrons. The fourth-order valence-corrected chi connectivity index (χ4v) is 3.53. The molecular weight excluding hydrogens is 426 g/mol. The van der Waals surface area contributed by atoms with Gasteiger partial charge in [0, 0.05) is 16.4 Å². The number of halogens is 2. The smallest absolute Gasteiger partial charge is 0.349 e. The topological polar surface area (TPSA) is 59.3 Å². The van der Waals surface area contributed by atoms with Gasteiger partial charge in [0.15, 0.2) is 5.58 Å². The molecule has 0 spiro atoms. The zero-order valence-electron chi connectivity index (χ0n) is 11.8. The zero-order chi connectivity index (χ0) is 16.4. The monoisotopic (exact) mass is 435 g/mol.